The summed E-state index contributed by atoms with van der Waals surface area (Å²) >= 11 is 1.16. The maximum absolute atomic E-state index is 13.4. The molecule has 0 saturated heterocycles. The number of carbonyl (C=O) groups is 2. The summed E-state index contributed by atoms with van der Waals surface area (Å²) in [7, 11) is 1.43. The average molecular weight is 413 g/mol. The summed E-state index contributed by atoms with van der Waals surface area (Å²) in [5.41, 5.74) is 1.73. The van der Waals surface area contributed by atoms with E-state index in [9.17, 15) is 14.0 Å². The van der Waals surface area contributed by atoms with Crippen molar-refractivity contribution in [2.24, 2.45) is 0 Å². The summed E-state index contributed by atoms with van der Waals surface area (Å²) in [6.45, 7) is 1.67. The first-order valence-electron chi connectivity index (χ1n) is 8.91. The highest BCUT2D eigenvalue weighted by molar-refractivity contribution is 8.00. The van der Waals surface area contributed by atoms with Crippen molar-refractivity contribution < 1.29 is 14.0 Å². The third-order valence-electron chi connectivity index (χ3n) is 4.11. The molecule has 0 bridgehead atoms. The normalized spacial score (nSPS) is 11.7. The summed E-state index contributed by atoms with van der Waals surface area (Å²) in [5, 5.41) is 13.0. The van der Waals surface area contributed by atoms with Gasteiger partial charge in [0.1, 0.15) is 11.6 Å². The van der Waals surface area contributed by atoms with Crippen molar-refractivity contribution in [2.75, 3.05) is 7.05 Å². The second kappa shape index (κ2) is 9.33. The van der Waals surface area contributed by atoms with Gasteiger partial charge in [0.2, 0.25) is 5.91 Å². The lowest BCUT2D eigenvalue weighted by Gasteiger charge is -2.13. The van der Waals surface area contributed by atoms with Gasteiger partial charge in [-0.3, -0.25) is 14.7 Å². The fraction of sp³-hybridized carbons (Fsp3) is 0.200. The van der Waals surface area contributed by atoms with Gasteiger partial charge in [-0.15, -0.1) is 10.2 Å². The molecule has 2 aromatic carbocycles. The summed E-state index contributed by atoms with van der Waals surface area (Å²) in [6.07, 6.45) is 0.518. The Balaban J connectivity index is 1.91. The van der Waals surface area contributed by atoms with E-state index in [1.807, 2.05) is 30.3 Å². The van der Waals surface area contributed by atoms with E-state index >= 15 is 0 Å². The maximum atomic E-state index is 13.4. The van der Waals surface area contributed by atoms with Crippen LogP contribution in [0.3, 0.4) is 0 Å². The number of hydrogen-bond acceptors (Lipinski definition) is 5. The minimum Gasteiger partial charge on any atom is -0.341 e. The quantitative estimate of drug-likeness (QED) is 0.607. The zero-order valence-electron chi connectivity index (χ0n) is 15.9. The topological polar surface area (TPSA) is 88.9 Å². The molecule has 150 valence electrons. The molecule has 1 heterocycles. The van der Waals surface area contributed by atoms with Gasteiger partial charge in [0, 0.05) is 19.2 Å². The molecule has 1 aromatic heterocycles. The summed E-state index contributed by atoms with van der Waals surface area (Å²) in [5.74, 6) is -0.143. The number of urea groups is 1. The molecule has 2 N–H and O–H groups in total. The standard InChI is InChI=1S/C20H20FN5O2S/c1-13(18(27)23-19(28)22-2)29-20-25-24-17(12-14-6-4-3-5-7-14)26(20)16-10-8-15(21)9-11-16/h3-11,13H,12H2,1-2H3,(H2,22,23,27,28)/t13-/m1/s1. The smallest absolute Gasteiger partial charge is 0.321 e. The lowest BCUT2D eigenvalue weighted by atomic mass is 10.1. The van der Waals surface area contributed by atoms with E-state index in [0.29, 0.717) is 23.1 Å². The van der Waals surface area contributed by atoms with Gasteiger partial charge < -0.3 is 5.32 Å². The maximum Gasteiger partial charge on any atom is 0.321 e. The molecule has 3 aromatic rings. The van der Waals surface area contributed by atoms with E-state index in [-0.39, 0.29) is 5.82 Å². The second-order valence-electron chi connectivity index (χ2n) is 6.20. The van der Waals surface area contributed by atoms with E-state index in [0.717, 1.165) is 17.3 Å². The molecule has 0 saturated carbocycles. The van der Waals surface area contributed by atoms with Crippen LogP contribution in [0, 0.1) is 5.82 Å². The molecule has 7 nitrogen and oxygen atoms in total. The Morgan fingerprint density at radius 2 is 1.79 bits per heavy atom. The summed E-state index contributed by atoms with van der Waals surface area (Å²) < 4.78 is 15.2. The van der Waals surface area contributed by atoms with Crippen LogP contribution < -0.4 is 10.6 Å². The number of thioether (sulfide) groups is 1. The number of benzene rings is 2. The Morgan fingerprint density at radius 1 is 1.10 bits per heavy atom. The zero-order chi connectivity index (χ0) is 20.8. The lowest BCUT2D eigenvalue weighted by molar-refractivity contribution is -0.119. The third kappa shape index (κ3) is 5.20. The monoisotopic (exact) mass is 413 g/mol. The van der Waals surface area contributed by atoms with Crippen LogP contribution in [0.5, 0.6) is 0 Å². The van der Waals surface area contributed by atoms with Gasteiger partial charge in [-0.1, -0.05) is 42.1 Å². The van der Waals surface area contributed by atoms with Crippen LogP contribution in [-0.2, 0) is 11.2 Å². The number of halogens is 1. The van der Waals surface area contributed by atoms with Crippen molar-refractivity contribution in [3.63, 3.8) is 0 Å². The molecule has 0 radical (unpaired) electrons. The van der Waals surface area contributed by atoms with E-state index in [1.54, 1.807) is 23.6 Å². The number of aromatic nitrogens is 3. The first kappa shape index (κ1) is 20.5. The molecule has 3 amide bonds. The molecule has 0 fully saturated rings. The SMILES string of the molecule is CNC(=O)NC(=O)[C@@H](C)Sc1nnc(Cc2ccccc2)n1-c1ccc(F)cc1. The van der Waals surface area contributed by atoms with Crippen molar-refractivity contribution in [2.45, 2.75) is 23.8 Å². The van der Waals surface area contributed by atoms with Gasteiger partial charge in [0.05, 0.1) is 5.25 Å². The highest BCUT2D eigenvalue weighted by Crippen LogP contribution is 2.27. The Kier molecular flexibility index (Phi) is 6.61. The van der Waals surface area contributed by atoms with Gasteiger partial charge in [0.15, 0.2) is 5.16 Å². The first-order valence-corrected chi connectivity index (χ1v) is 9.79. The van der Waals surface area contributed by atoms with Gasteiger partial charge in [-0.05, 0) is 36.8 Å². The van der Waals surface area contributed by atoms with Crippen LogP contribution >= 0.6 is 11.8 Å². The van der Waals surface area contributed by atoms with E-state index in [1.165, 1.54) is 19.2 Å². The predicted molar refractivity (Wildman–Crippen MR) is 108 cm³/mol. The molecule has 0 aliphatic carbocycles. The number of rotatable bonds is 6. The largest absolute Gasteiger partial charge is 0.341 e. The van der Waals surface area contributed by atoms with Crippen LogP contribution in [0.1, 0.15) is 18.3 Å². The van der Waals surface area contributed by atoms with E-state index in [2.05, 4.69) is 20.8 Å². The average Bonchev–Trinajstić information content (AvgIpc) is 3.11. The second-order valence-corrected chi connectivity index (χ2v) is 7.51. The van der Waals surface area contributed by atoms with Gasteiger partial charge in [-0.2, -0.15) is 0 Å². The molecule has 0 aliphatic rings. The van der Waals surface area contributed by atoms with Crippen molar-refractivity contribution >= 4 is 23.7 Å². The summed E-state index contributed by atoms with van der Waals surface area (Å²) in [4.78, 5) is 23.6. The highest BCUT2D eigenvalue weighted by atomic mass is 32.2. The number of carbonyl (C=O) groups excluding carboxylic acids is 2. The fourth-order valence-corrected chi connectivity index (χ4v) is 3.49. The van der Waals surface area contributed by atoms with Crippen molar-refractivity contribution in [1.29, 1.82) is 0 Å². The Labute approximate surface area is 171 Å². The molecule has 9 heteroatoms. The third-order valence-corrected chi connectivity index (χ3v) is 5.15. The van der Waals surface area contributed by atoms with Crippen LogP contribution in [-0.4, -0.2) is 39.0 Å². The Morgan fingerprint density at radius 3 is 2.45 bits per heavy atom. The molecule has 0 unspecified atom stereocenters. The molecule has 3 rings (SSSR count). The molecule has 1 atom stereocenters. The van der Waals surface area contributed by atoms with Crippen LogP contribution in [0.4, 0.5) is 9.18 Å². The number of amides is 3. The van der Waals surface area contributed by atoms with E-state index in [4.69, 9.17) is 0 Å². The van der Waals surface area contributed by atoms with Crippen LogP contribution in [0.25, 0.3) is 5.69 Å². The van der Waals surface area contributed by atoms with Crippen LogP contribution in [0.15, 0.2) is 59.8 Å². The highest BCUT2D eigenvalue weighted by Gasteiger charge is 2.22. The number of imide groups is 1. The minimum atomic E-state index is -0.597. The van der Waals surface area contributed by atoms with Crippen molar-refractivity contribution in [3.05, 3.63) is 71.8 Å². The molecular formula is C20H20FN5O2S. The van der Waals surface area contributed by atoms with Crippen LogP contribution in [0.2, 0.25) is 0 Å². The molecule has 0 aliphatic heterocycles. The fourth-order valence-electron chi connectivity index (χ4n) is 2.61. The number of hydrogen-bond donors (Lipinski definition) is 2. The van der Waals surface area contributed by atoms with Gasteiger partial charge in [0.25, 0.3) is 0 Å². The minimum absolute atomic E-state index is 0.348. The number of nitrogens with zero attached hydrogens (tertiary/aromatic N) is 3. The summed E-state index contributed by atoms with van der Waals surface area (Å²) in [6, 6.07) is 15.2. The van der Waals surface area contributed by atoms with Gasteiger partial charge >= 0.3 is 6.03 Å². The molecular weight excluding hydrogens is 393 g/mol. The van der Waals surface area contributed by atoms with Gasteiger partial charge in [-0.25, -0.2) is 9.18 Å². The Hall–Kier alpha value is -3.20. The van der Waals surface area contributed by atoms with E-state index < -0.39 is 17.2 Å². The first-order chi connectivity index (χ1) is 14.0. The predicted octanol–water partition coefficient (Wildman–Crippen LogP) is 2.93. The zero-order valence-corrected chi connectivity index (χ0v) is 16.7. The molecule has 29 heavy (non-hydrogen) atoms. The Bertz CT molecular complexity index is 992. The van der Waals surface area contributed by atoms with Crippen molar-refractivity contribution in [1.82, 2.24) is 25.4 Å². The van der Waals surface area contributed by atoms with Crippen molar-refractivity contribution in [3.8, 4) is 5.69 Å². The molecule has 0 spiro atoms. The lowest BCUT2D eigenvalue weighted by Crippen LogP contribution is -2.41. The number of nitrogens with one attached hydrogen (secondary N) is 2.